The van der Waals surface area contributed by atoms with E-state index >= 15 is 0 Å². The molecule has 0 spiro atoms. The highest BCUT2D eigenvalue weighted by Crippen LogP contribution is 2.45. The van der Waals surface area contributed by atoms with Gasteiger partial charge in [-0.25, -0.2) is 0 Å². The quantitative estimate of drug-likeness (QED) is 0.865. The predicted octanol–water partition coefficient (Wildman–Crippen LogP) is 2.01. The first kappa shape index (κ1) is 12.5. The summed E-state index contributed by atoms with van der Waals surface area (Å²) in [6.07, 6.45) is -0.236. The standard InChI is InChI=1S/C12H13FO5/c1-12(2,4-8(14)15)6-3-7-11(18-5-17-7)9(13)10(6)16/h3,16H,4-5H2,1-2H3,(H,14,15). The Morgan fingerprint density at radius 1 is 1.50 bits per heavy atom. The Morgan fingerprint density at radius 2 is 2.17 bits per heavy atom. The van der Waals surface area contributed by atoms with E-state index in [-0.39, 0.29) is 30.3 Å². The van der Waals surface area contributed by atoms with Crippen LogP contribution in [0.25, 0.3) is 0 Å². The average molecular weight is 256 g/mol. The number of carboxylic acid groups (broad SMARTS) is 1. The van der Waals surface area contributed by atoms with Crippen LogP contribution in [0, 0.1) is 5.82 Å². The topological polar surface area (TPSA) is 76.0 Å². The number of halogens is 1. The minimum atomic E-state index is -1.03. The molecule has 1 aliphatic rings. The second kappa shape index (κ2) is 4.04. The fourth-order valence-electron chi connectivity index (χ4n) is 1.98. The van der Waals surface area contributed by atoms with Crippen LogP contribution in [0.15, 0.2) is 6.07 Å². The van der Waals surface area contributed by atoms with Crippen LogP contribution in [0.1, 0.15) is 25.8 Å². The normalized spacial score (nSPS) is 13.7. The van der Waals surface area contributed by atoms with Crippen molar-refractivity contribution in [1.29, 1.82) is 0 Å². The molecule has 0 atom stereocenters. The first-order chi connectivity index (χ1) is 8.33. The molecule has 0 amide bonds. The highest BCUT2D eigenvalue weighted by molar-refractivity contribution is 5.69. The first-order valence-electron chi connectivity index (χ1n) is 5.36. The van der Waals surface area contributed by atoms with Crippen molar-refractivity contribution in [3.63, 3.8) is 0 Å². The average Bonchev–Trinajstić information content (AvgIpc) is 2.69. The van der Waals surface area contributed by atoms with E-state index in [0.29, 0.717) is 0 Å². The number of hydrogen-bond acceptors (Lipinski definition) is 4. The third-order valence-corrected chi connectivity index (χ3v) is 2.90. The Hall–Kier alpha value is -1.98. The van der Waals surface area contributed by atoms with Gasteiger partial charge in [0.25, 0.3) is 0 Å². The zero-order valence-electron chi connectivity index (χ0n) is 9.99. The maximum Gasteiger partial charge on any atom is 0.304 e. The van der Waals surface area contributed by atoms with Crippen molar-refractivity contribution in [3.05, 3.63) is 17.4 Å². The van der Waals surface area contributed by atoms with E-state index in [9.17, 15) is 14.3 Å². The van der Waals surface area contributed by atoms with Crippen LogP contribution in [0.4, 0.5) is 4.39 Å². The van der Waals surface area contributed by atoms with Crippen LogP contribution in [-0.4, -0.2) is 23.0 Å². The SMILES string of the molecule is CC(C)(CC(=O)O)c1cc2c(c(F)c1O)OCO2. The van der Waals surface area contributed by atoms with Gasteiger partial charge in [-0.05, 0) is 6.07 Å². The largest absolute Gasteiger partial charge is 0.505 e. The summed E-state index contributed by atoms with van der Waals surface area (Å²) in [6, 6.07) is 1.42. The Labute approximate surface area is 103 Å². The molecule has 0 bridgehead atoms. The number of rotatable bonds is 3. The molecule has 0 unspecified atom stereocenters. The van der Waals surface area contributed by atoms with E-state index < -0.39 is 23.0 Å². The molecule has 0 aliphatic carbocycles. The molecule has 2 rings (SSSR count). The molecule has 0 saturated heterocycles. The first-order valence-corrected chi connectivity index (χ1v) is 5.36. The molecule has 0 saturated carbocycles. The summed E-state index contributed by atoms with van der Waals surface area (Å²) in [6.45, 7) is 3.10. The van der Waals surface area contributed by atoms with Gasteiger partial charge in [-0.3, -0.25) is 4.79 Å². The summed E-state index contributed by atoms with van der Waals surface area (Å²) in [5, 5.41) is 18.6. The summed E-state index contributed by atoms with van der Waals surface area (Å²) >= 11 is 0. The number of phenols is 1. The van der Waals surface area contributed by atoms with Crippen molar-refractivity contribution in [3.8, 4) is 17.2 Å². The number of ether oxygens (including phenoxy) is 2. The minimum Gasteiger partial charge on any atom is -0.505 e. The highest BCUT2D eigenvalue weighted by Gasteiger charge is 2.33. The number of fused-ring (bicyclic) bond motifs is 1. The summed E-state index contributed by atoms with van der Waals surface area (Å²) in [5.41, 5.74) is -0.732. The van der Waals surface area contributed by atoms with Crippen LogP contribution >= 0.6 is 0 Å². The second-order valence-corrected chi connectivity index (χ2v) is 4.77. The van der Waals surface area contributed by atoms with Gasteiger partial charge < -0.3 is 19.7 Å². The molecule has 0 radical (unpaired) electrons. The van der Waals surface area contributed by atoms with E-state index in [0.717, 1.165) is 0 Å². The van der Waals surface area contributed by atoms with Crippen molar-refractivity contribution in [2.45, 2.75) is 25.7 Å². The summed E-state index contributed by atoms with van der Waals surface area (Å²) in [4.78, 5) is 10.8. The fourth-order valence-corrected chi connectivity index (χ4v) is 1.98. The van der Waals surface area contributed by atoms with Crippen LogP contribution in [0.2, 0.25) is 0 Å². The van der Waals surface area contributed by atoms with Gasteiger partial charge in [-0.15, -0.1) is 0 Å². The Bertz CT molecular complexity index is 510. The molecule has 2 N–H and O–H groups in total. The lowest BCUT2D eigenvalue weighted by Gasteiger charge is -2.24. The molecular formula is C12H13FO5. The van der Waals surface area contributed by atoms with Gasteiger partial charge in [0.2, 0.25) is 18.4 Å². The van der Waals surface area contributed by atoms with Gasteiger partial charge in [-0.1, -0.05) is 13.8 Å². The molecular weight excluding hydrogens is 243 g/mol. The van der Waals surface area contributed by atoms with Crippen molar-refractivity contribution in [2.24, 2.45) is 0 Å². The lowest BCUT2D eigenvalue weighted by Crippen LogP contribution is -2.22. The molecule has 1 aromatic carbocycles. The number of phenolic OH excluding ortho intramolecular Hbond substituents is 1. The lowest BCUT2D eigenvalue weighted by atomic mass is 9.80. The Kier molecular flexibility index (Phi) is 2.80. The van der Waals surface area contributed by atoms with Crippen LogP contribution in [-0.2, 0) is 10.2 Å². The van der Waals surface area contributed by atoms with Crippen molar-refractivity contribution in [1.82, 2.24) is 0 Å². The maximum atomic E-state index is 13.8. The monoisotopic (exact) mass is 256 g/mol. The molecule has 98 valence electrons. The highest BCUT2D eigenvalue weighted by atomic mass is 19.1. The zero-order chi connectivity index (χ0) is 13.5. The number of carboxylic acids is 1. The fraction of sp³-hybridized carbons (Fsp3) is 0.417. The number of carbonyl (C=O) groups is 1. The van der Waals surface area contributed by atoms with Crippen molar-refractivity contribution in [2.75, 3.05) is 6.79 Å². The van der Waals surface area contributed by atoms with Gasteiger partial charge in [0.15, 0.2) is 11.5 Å². The minimum absolute atomic E-state index is 0.117. The maximum absolute atomic E-state index is 13.8. The van der Waals surface area contributed by atoms with Gasteiger partial charge in [0, 0.05) is 11.0 Å². The molecule has 1 heterocycles. The van der Waals surface area contributed by atoms with Crippen LogP contribution < -0.4 is 9.47 Å². The molecule has 0 fully saturated rings. The summed E-state index contributed by atoms with van der Waals surface area (Å²) in [7, 11) is 0. The van der Waals surface area contributed by atoms with Gasteiger partial charge in [0.05, 0.1) is 6.42 Å². The van der Waals surface area contributed by atoms with E-state index in [1.807, 2.05) is 0 Å². The smallest absolute Gasteiger partial charge is 0.304 e. The third kappa shape index (κ3) is 1.94. The second-order valence-electron chi connectivity index (χ2n) is 4.77. The Balaban J connectivity index is 2.52. The van der Waals surface area contributed by atoms with E-state index in [1.165, 1.54) is 6.07 Å². The molecule has 5 nitrogen and oxygen atoms in total. The van der Waals surface area contributed by atoms with Gasteiger partial charge in [0.1, 0.15) is 0 Å². The summed E-state index contributed by atoms with van der Waals surface area (Å²) in [5.74, 6) is -2.50. The van der Waals surface area contributed by atoms with E-state index in [4.69, 9.17) is 14.6 Å². The molecule has 1 aliphatic heterocycles. The predicted molar refractivity (Wildman–Crippen MR) is 59.5 cm³/mol. The molecule has 18 heavy (non-hydrogen) atoms. The third-order valence-electron chi connectivity index (χ3n) is 2.90. The molecule has 0 aromatic heterocycles. The Morgan fingerprint density at radius 3 is 2.78 bits per heavy atom. The van der Waals surface area contributed by atoms with Gasteiger partial charge >= 0.3 is 5.97 Å². The number of aromatic hydroxyl groups is 1. The summed E-state index contributed by atoms with van der Waals surface area (Å²) < 4.78 is 23.8. The lowest BCUT2D eigenvalue weighted by molar-refractivity contribution is -0.138. The van der Waals surface area contributed by atoms with Crippen LogP contribution in [0.5, 0.6) is 17.2 Å². The zero-order valence-corrected chi connectivity index (χ0v) is 9.99. The van der Waals surface area contributed by atoms with Crippen molar-refractivity contribution >= 4 is 5.97 Å². The number of aliphatic carboxylic acids is 1. The number of benzene rings is 1. The van der Waals surface area contributed by atoms with Gasteiger partial charge in [-0.2, -0.15) is 4.39 Å². The van der Waals surface area contributed by atoms with E-state index in [1.54, 1.807) is 13.8 Å². The van der Waals surface area contributed by atoms with Crippen LogP contribution in [0.3, 0.4) is 0 Å². The van der Waals surface area contributed by atoms with E-state index in [2.05, 4.69) is 0 Å². The van der Waals surface area contributed by atoms with Crippen molar-refractivity contribution < 1.29 is 28.9 Å². The number of hydrogen-bond donors (Lipinski definition) is 2. The molecule has 6 heteroatoms. The molecule has 1 aromatic rings.